The quantitative estimate of drug-likeness (QED) is 0.615. The van der Waals surface area contributed by atoms with E-state index in [0.717, 1.165) is 0 Å². The van der Waals surface area contributed by atoms with Crippen LogP contribution in [0.1, 0.15) is 0 Å². The number of nitrogens with two attached hydrogens (primary N) is 1. The molecule has 0 aliphatic carbocycles. The highest BCUT2D eigenvalue weighted by atomic mass is 35.5. The summed E-state index contributed by atoms with van der Waals surface area (Å²) >= 11 is 5.78. The van der Waals surface area contributed by atoms with E-state index in [2.05, 4.69) is 5.32 Å². The summed E-state index contributed by atoms with van der Waals surface area (Å²) in [5.41, 5.74) is 0.285. The largest absolute Gasteiger partial charge is 0.383 e. The number of hydrogen-bond donors (Lipinski definition) is 2. The lowest BCUT2D eigenvalue weighted by atomic mass is 10.3. The van der Waals surface area contributed by atoms with Crippen LogP contribution in [0.2, 0.25) is 5.02 Å². The summed E-state index contributed by atoms with van der Waals surface area (Å²) in [7, 11) is -3.54. The molecule has 7 nitrogen and oxygen atoms in total. The number of nitrogens with zero attached hydrogens (tertiary/aromatic N) is 1. The number of primary sulfonamides is 1. The van der Waals surface area contributed by atoms with Gasteiger partial charge in [-0.3, -0.25) is 10.1 Å². The van der Waals surface area contributed by atoms with Gasteiger partial charge >= 0.3 is 0 Å². The van der Waals surface area contributed by atoms with E-state index in [9.17, 15) is 18.5 Å². The fourth-order valence-electron chi connectivity index (χ4n) is 1.09. The zero-order valence-corrected chi connectivity index (χ0v) is 10.2. The van der Waals surface area contributed by atoms with Gasteiger partial charge in [0, 0.05) is 18.7 Å². The molecule has 0 fully saturated rings. The van der Waals surface area contributed by atoms with E-state index >= 15 is 0 Å². The zero-order valence-electron chi connectivity index (χ0n) is 8.59. The Morgan fingerprint density at radius 1 is 1.47 bits per heavy atom. The lowest BCUT2D eigenvalue weighted by molar-refractivity contribution is -0.384. The number of hydrogen-bond acceptors (Lipinski definition) is 5. The Labute approximate surface area is 103 Å². The standard InChI is InChI=1S/C8H10ClN3O4S/c9-7-5-6(12(13)14)1-2-8(7)11-3-4-17(10,15)16/h1-2,5,11H,3-4H2,(H2,10,15,16). The van der Waals surface area contributed by atoms with Crippen LogP contribution in [0.25, 0.3) is 0 Å². The highest BCUT2D eigenvalue weighted by Crippen LogP contribution is 2.26. The van der Waals surface area contributed by atoms with Gasteiger partial charge in [-0.2, -0.15) is 0 Å². The molecule has 9 heteroatoms. The van der Waals surface area contributed by atoms with Crippen LogP contribution in [0, 0.1) is 10.1 Å². The SMILES string of the molecule is NS(=O)(=O)CCNc1ccc([N+](=O)[O-])cc1Cl. The van der Waals surface area contributed by atoms with Gasteiger partial charge < -0.3 is 5.32 Å². The van der Waals surface area contributed by atoms with Crippen LogP contribution in [-0.4, -0.2) is 25.6 Å². The van der Waals surface area contributed by atoms with Crippen molar-refractivity contribution in [2.75, 3.05) is 17.6 Å². The van der Waals surface area contributed by atoms with Crippen molar-refractivity contribution in [1.82, 2.24) is 0 Å². The van der Waals surface area contributed by atoms with Crippen LogP contribution in [0.15, 0.2) is 18.2 Å². The van der Waals surface area contributed by atoms with E-state index in [1.54, 1.807) is 0 Å². The van der Waals surface area contributed by atoms with Gasteiger partial charge in [-0.25, -0.2) is 13.6 Å². The Hall–Kier alpha value is -1.38. The summed E-state index contributed by atoms with van der Waals surface area (Å²) in [6.45, 7) is 0.0797. The molecular formula is C8H10ClN3O4S. The topological polar surface area (TPSA) is 115 Å². The molecule has 0 saturated carbocycles. The minimum absolute atomic E-state index is 0.0797. The summed E-state index contributed by atoms with van der Waals surface area (Å²) in [5.74, 6) is -0.250. The first kappa shape index (κ1) is 13.7. The molecule has 1 rings (SSSR count). The maximum Gasteiger partial charge on any atom is 0.271 e. The number of halogens is 1. The van der Waals surface area contributed by atoms with Gasteiger partial charge in [0.1, 0.15) is 0 Å². The summed E-state index contributed by atoms with van der Waals surface area (Å²) < 4.78 is 21.3. The van der Waals surface area contributed by atoms with Crippen molar-refractivity contribution in [3.05, 3.63) is 33.3 Å². The maximum atomic E-state index is 10.7. The molecule has 1 aromatic carbocycles. The molecule has 0 radical (unpaired) electrons. The predicted octanol–water partition coefficient (Wildman–Crippen LogP) is 0.949. The van der Waals surface area contributed by atoms with E-state index in [1.165, 1.54) is 18.2 Å². The normalized spacial score (nSPS) is 11.2. The molecule has 0 amide bonds. The molecular weight excluding hydrogens is 270 g/mol. The zero-order chi connectivity index (χ0) is 13.1. The molecule has 3 N–H and O–H groups in total. The monoisotopic (exact) mass is 279 g/mol. The first-order valence-corrected chi connectivity index (χ1v) is 6.57. The van der Waals surface area contributed by atoms with Crippen LogP contribution in [0.4, 0.5) is 11.4 Å². The van der Waals surface area contributed by atoms with Gasteiger partial charge in [0.2, 0.25) is 10.0 Å². The van der Waals surface area contributed by atoms with Gasteiger partial charge in [0.25, 0.3) is 5.69 Å². The van der Waals surface area contributed by atoms with Gasteiger partial charge in [-0.1, -0.05) is 11.6 Å². The van der Waals surface area contributed by atoms with Crippen LogP contribution < -0.4 is 10.5 Å². The molecule has 0 unspecified atom stereocenters. The van der Waals surface area contributed by atoms with Crippen LogP contribution in [0.3, 0.4) is 0 Å². The van der Waals surface area contributed by atoms with E-state index in [1.807, 2.05) is 0 Å². The number of non-ortho nitro benzene ring substituents is 1. The van der Waals surface area contributed by atoms with E-state index in [0.29, 0.717) is 5.69 Å². The molecule has 0 bridgehead atoms. The number of anilines is 1. The van der Waals surface area contributed by atoms with Crippen molar-refractivity contribution in [1.29, 1.82) is 0 Å². The summed E-state index contributed by atoms with van der Waals surface area (Å²) in [4.78, 5) is 9.87. The van der Waals surface area contributed by atoms with E-state index in [-0.39, 0.29) is 23.0 Å². The molecule has 0 heterocycles. The summed E-state index contributed by atoms with van der Waals surface area (Å²) in [6, 6.07) is 3.86. The molecule has 0 aliphatic rings. The van der Waals surface area contributed by atoms with Crippen LogP contribution >= 0.6 is 11.6 Å². The number of nitrogens with one attached hydrogen (secondary N) is 1. The Balaban J connectivity index is 2.70. The Kier molecular flexibility index (Phi) is 4.27. The molecule has 17 heavy (non-hydrogen) atoms. The predicted molar refractivity (Wildman–Crippen MR) is 64.6 cm³/mol. The Morgan fingerprint density at radius 2 is 2.12 bits per heavy atom. The van der Waals surface area contributed by atoms with Crippen molar-refractivity contribution >= 4 is 33.0 Å². The summed E-state index contributed by atoms with van der Waals surface area (Å²) in [6.07, 6.45) is 0. The van der Waals surface area contributed by atoms with Crippen molar-refractivity contribution in [3.8, 4) is 0 Å². The highest BCUT2D eigenvalue weighted by molar-refractivity contribution is 7.89. The third-order valence-corrected chi connectivity index (χ3v) is 2.95. The molecule has 0 aromatic heterocycles. The van der Waals surface area contributed by atoms with Crippen LogP contribution in [0.5, 0.6) is 0 Å². The molecule has 0 spiro atoms. The maximum absolute atomic E-state index is 10.7. The molecule has 94 valence electrons. The first-order chi connectivity index (χ1) is 7.79. The number of sulfonamides is 1. The number of nitro benzene ring substituents is 1. The van der Waals surface area contributed by atoms with Gasteiger partial charge in [-0.05, 0) is 6.07 Å². The third kappa shape index (κ3) is 4.55. The second-order valence-corrected chi connectivity index (χ2v) is 5.36. The lowest BCUT2D eigenvalue weighted by Gasteiger charge is -2.07. The number of nitro groups is 1. The Morgan fingerprint density at radius 3 is 2.59 bits per heavy atom. The molecule has 0 aliphatic heterocycles. The van der Waals surface area contributed by atoms with Crippen molar-refractivity contribution in [2.24, 2.45) is 5.14 Å². The smallest absolute Gasteiger partial charge is 0.271 e. The molecule has 0 saturated heterocycles. The van der Waals surface area contributed by atoms with Gasteiger partial charge in [0.05, 0.1) is 21.4 Å². The third-order valence-electron chi connectivity index (χ3n) is 1.87. The number of rotatable bonds is 5. The van der Waals surface area contributed by atoms with Gasteiger partial charge in [-0.15, -0.1) is 0 Å². The average Bonchev–Trinajstić information content (AvgIpc) is 2.18. The van der Waals surface area contributed by atoms with Crippen molar-refractivity contribution in [3.63, 3.8) is 0 Å². The van der Waals surface area contributed by atoms with Crippen molar-refractivity contribution in [2.45, 2.75) is 0 Å². The number of benzene rings is 1. The second kappa shape index (κ2) is 5.30. The van der Waals surface area contributed by atoms with E-state index < -0.39 is 14.9 Å². The Bertz CT molecular complexity index is 532. The first-order valence-electron chi connectivity index (χ1n) is 4.48. The van der Waals surface area contributed by atoms with Gasteiger partial charge in [0.15, 0.2) is 0 Å². The fraction of sp³-hybridized carbons (Fsp3) is 0.250. The minimum atomic E-state index is -3.54. The van der Waals surface area contributed by atoms with Crippen molar-refractivity contribution < 1.29 is 13.3 Å². The van der Waals surface area contributed by atoms with Crippen LogP contribution in [-0.2, 0) is 10.0 Å². The molecule has 0 atom stereocenters. The average molecular weight is 280 g/mol. The highest BCUT2D eigenvalue weighted by Gasteiger charge is 2.09. The minimum Gasteiger partial charge on any atom is -0.383 e. The summed E-state index contributed by atoms with van der Waals surface area (Å²) in [5, 5.41) is 18.1. The molecule has 1 aromatic rings. The fourth-order valence-corrected chi connectivity index (χ4v) is 1.72. The lowest BCUT2D eigenvalue weighted by Crippen LogP contribution is -2.22. The second-order valence-electron chi connectivity index (χ2n) is 3.22. The van der Waals surface area contributed by atoms with E-state index in [4.69, 9.17) is 16.7 Å².